The van der Waals surface area contributed by atoms with E-state index in [9.17, 15) is 5.11 Å². The van der Waals surface area contributed by atoms with Crippen LogP contribution in [0, 0.1) is 0 Å². The minimum atomic E-state index is -0.227. The zero-order valence-electron chi connectivity index (χ0n) is 12.2. The van der Waals surface area contributed by atoms with Crippen molar-refractivity contribution in [2.75, 3.05) is 20.2 Å². The topological polar surface area (TPSA) is 58.7 Å². The summed E-state index contributed by atoms with van der Waals surface area (Å²) in [5.41, 5.74) is 0.980. The number of likely N-dealkylation sites (tertiary alicyclic amines) is 1. The minimum Gasteiger partial charge on any atom is -0.497 e. The third kappa shape index (κ3) is 3.43. The molecule has 2 aromatic rings. The lowest BCUT2D eigenvalue weighted by molar-refractivity contribution is 0.0625. The number of rotatable bonds is 4. The number of β-amino-alcohol motifs (C(OH)–C–C–N with tert-alkyl or cyclic N) is 1. The number of oxazole rings is 1. The molecule has 0 radical (unpaired) electrons. The molecule has 1 aromatic carbocycles. The van der Waals surface area contributed by atoms with Gasteiger partial charge in [0.15, 0.2) is 5.76 Å². The van der Waals surface area contributed by atoms with E-state index >= 15 is 0 Å². The Morgan fingerprint density at radius 2 is 2.19 bits per heavy atom. The van der Waals surface area contributed by atoms with Crippen LogP contribution in [-0.2, 0) is 6.54 Å². The molecule has 5 nitrogen and oxygen atoms in total. The number of benzene rings is 1. The monoisotopic (exact) mass is 288 g/mol. The number of nitrogens with zero attached hydrogens (tertiary/aromatic N) is 2. The van der Waals surface area contributed by atoms with Crippen LogP contribution in [0.15, 0.2) is 34.9 Å². The molecule has 0 saturated carbocycles. The first-order chi connectivity index (χ1) is 10.2. The fourth-order valence-electron chi connectivity index (χ4n) is 2.64. The summed E-state index contributed by atoms with van der Waals surface area (Å²) >= 11 is 0. The highest BCUT2D eigenvalue weighted by atomic mass is 16.5. The molecule has 0 amide bonds. The number of methoxy groups -OCH3 is 1. The molecule has 1 atom stereocenters. The molecule has 5 heteroatoms. The number of aliphatic hydroxyl groups excluding tert-OH is 1. The Hall–Kier alpha value is -1.85. The van der Waals surface area contributed by atoms with Crippen LogP contribution < -0.4 is 4.74 Å². The Kier molecular flexibility index (Phi) is 4.22. The third-order valence-corrected chi connectivity index (χ3v) is 3.77. The number of ether oxygens (including phenoxy) is 1. The number of hydrogen-bond donors (Lipinski definition) is 1. The molecule has 1 unspecified atom stereocenters. The summed E-state index contributed by atoms with van der Waals surface area (Å²) in [6.45, 7) is 2.32. The van der Waals surface area contributed by atoms with E-state index in [1.807, 2.05) is 24.3 Å². The fraction of sp³-hybridized carbons (Fsp3) is 0.438. The molecule has 0 spiro atoms. The molecular weight excluding hydrogens is 268 g/mol. The van der Waals surface area contributed by atoms with Gasteiger partial charge in [0, 0.05) is 12.1 Å². The highest BCUT2D eigenvalue weighted by Gasteiger charge is 2.19. The maximum absolute atomic E-state index is 9.69. The highest BCUT2D eigenvalue weighted by Crippen LogP contribution is 2.24. The Labute approximate surface area is 124 Å². The van der Waals surface area contributed by atoms with Gasteiger partial charge in [0.05, 0.1) is 26.0 Å². The van der Waals surface area contributed by atoms with Crippen molar-refractivity contribution < 1.29 is 14.3 Å². The van der Waals surface area contributed by atoms with Crippen LogP contribution in [0.2, 0.25) is 0 Å². The van der Waals surface area contributed by atoms with E-state index in [-0.39, 0.29) is 6.10 Å². The Morgan fingerprint density at radius 1 is 1.38 bits per heavy atom. The van der Waals surface area contributed by atoms with Crippen LogP contribution in [0.3, 0.4) is 0 Å². The van der Waals surface area contributed by atoms with Crippen LogP contribution in [0.5, 0.6) is 5.75 Å². The summed E-state index contributed by atoms with van der Waals surface area (Å²) in [7, 11) is 1.65. The van der Waals surface area contributed by atoms with Crippen molar-refractivity contribution >= 4 is 0 Å². The molecule has 3 rings (SSSR count). The number of aliphatic hydroxyl groups is 1. The predicted molar refractivity (Wildman–Crippen MR) is 79.0 cm³/mol. The van der Waals surface area contributed by atoms with Gasteiger partial charge in [-0.05, 0) is 43.7 Å². The number of aromatic nitrogens is 1. The largest absolute Gasteiger partial charge is 0.497 e. The second-order valence-corrected chi connectivity index (χ2v) is 5.38. The molecule has 1 aromatic heterocycles. The van der Waals surface area contributed by atoms with Crippen molar-refractivity contribution in [3.63, 3.8) is 0 Å². The summed E-state index contributed by atoms with van der Waals surface area (Å²) in [5, 5.41) is 9.69. The van der Waals surface area contributed by atoms with Crippen molar-refractivity contribution in [2.45, 2.75) is 25.5 Å². The molecule has 1 fully saturated rings. The van der Waals surface area contributed by atoms with E-state index in [1.165, 1.54) is 0 Å². The minimum absolute atomic E-state index is 0.227. The molecule has 21 heavy (non-hydrogen) atoms. The van der Waals surface area contributed by atoms with E-state index in [4.69, 9.17) is 9.15 Å². The Morgan fingerprint density at radius 3 is 2.90 bits per heavy atom. The van der Waals surface area contributed by atoms with Gasteiger partial charge >= 0.3 is 0 Å². The molecule has 2 heterocycles. The first kappa shape index (κ1) is 14.1. The molecule has 1 aliphatic heterocycles. The van der Waals surface area contributed by atoms with Gasteiger partial charge in [-0.1, -0.05) is 0 Å². The lowest BCUT2D eigenvalue weighted by atomic mass is 10.1. The van der Waals surface area contributed by atoms with Crippen LogP contribution in [0.1, 0.15) is 18.7 Å². The normalized spacial score (nSPS) is 19.6. The molecule has 0 aliphatic carbocycles. The lowest BCUT2D eigenvalue weighted by Crippen LogP contribution is -2.37. The van der Waals surface area contributed by atoms with E-state index in [0.717, 1.165) is 36.5 Å². The smallest absolute Gasteiger partial charge is 0.209 e. The van der Waals surface area contributed by atoms with Crippen LogP contribution in [0.4, 0.5) is 0 Å². The first-order valence-corrected chi connectivity index (χ1v) is 7.24. The lowest BCUT2D eigenvalue weighted by Gasteiger charge is -2.28. The van der Waals surface area contributed by atoms with Crippen molar-refractivity contribution in [3.05, 3.63) is 36.4 Å². The van der Waals surface area contributed by atoms with Gasteiger partial charge in [-0.15, -0.1) is 0 Å². The van der Waals surface area contributed by atoms with Gasteiger partial charge in [0.1, 0.15) is 5.75 Å². The van der Waals surface area contributed by atoms with E-state index < -0.39 is 0 Å². The van der Waals surface area contributed by atoms with Crippen LogP contribution >= 0.6 is 0 Å². The second-order valence-electron chi connectivity index (χ2n) is 5.38. The molecule has 1 saturated heterocycles. The molecule has 1 N–H and O–H groups in total. The predicted octanol–water partition coefficient (Wildman–Crippen LogP) is 2.31. The van der Waals surface area contributed by atoms with Gasteiger partial charge in [0.2, 0.25) is 5.89 Å². The molecule has 112 valence electrons. The maximum atomic E-state index is 9.69. The summed E-state index contributed by atoms with van der Waals surface area (Å²) < 4.78 is 11.0. The van der Waals surface area contributed by atoms with Crippen molar-refractivity contribution in [1.29, 1.82) is 0 Å². The van der Waals surface area contributed by atoms with Crippen LogP contribution in [0.25, 0.3) is 11.3 Å². The molecule has 0 bridgehead atoms. The third-order valence-electron chi connectivity index (χ3n) is 3.77. The van der Waals surface area contributed by atoms with Gasteiger partial charge in [-0.25, -0.2) is 4.98 Å². The average molecular weight is 288 g/mol. The summed E-state index contributed by atoms with van der Waals surface area (Å²) in [5.74, 6) is 2.26. The highest BCUT2D eigenvalue weighted by molar-refractivity contribution is 5.57. The Bertz CT molecular complexity index is 579. The van der Waals surface area contributed by atoms with Gasteiger partial charge < -0.3 is 14.3 Å². The number of hydrogen-bond acceptors (Lipinski definition) is 5. The first-order valence-electron chi connectivity index (χ1n) is 7.24. The molecule has 1 aliphatic rings. The summed E-state index contributed by atoms with van der Waals surface area (Å²) in [6.07, 6.45) is 3.43. The van der Waals surface area contributed by atoms with E-state index in [0.29, 0.717) is 19.0 Å². The van der Waals surface area contributed by atoms with Gasteiger partial charge in [-0.3, -0.25) is 4.90 Å². The average Bonchev–Trinajstić information content (AvgIpc) is 2.96. The van der Waals surface area contributed by atoms with Crippen molar-refractivity contribution in [3.8, 4) is 17.1 Å². The fourth-order valence-corrected chi connectivity index (χ4v) is 2.64. The SMILES string of the molecule is COc1ccc(-c2cnc(CN3CCCC(O)C3)o2)cc1. The zero-order chi connectivity index (χ0) is 14.7. The second kappa shape index (κ2) is 6.28. The standard InChI is InChI=1S/C16H20N2O3/c1-20-14-6-4-12(5-7-14)15-9-17-16(21-15)11-18-8-2-3-13(19)10-18/h4-7,9,13,19H,2-3,8,10-11H2,1H3. The summed E-state index contributed by atoms with van der Waals surface area (Å²) in [6, 6.07) is 7.71. The van der Waals surface area contributed by atoms with Gasteiger partial charge in [0.25, 0.3) is 0 Å². The Balaban J connectivity index is 1.67. The van der Waals surface area contributed by atoms with E-state index in [1.54, 1.807) is 13.3 Å². The number of piperidine rings is 1. The molecular formula is C16H20N2O3. The summed E-state index contributed by atoms with van der Waals surface area (Å²) in [4.78, 5) is 6.51. The van der Waals surface area contributed by atoms with Crippen molar-refractivity contribution in [2.24, 2.45) is 0 Å². The van der Waals surface area contributed by atoms with Gasteiger partial charge in [-0.2, -0.15) is 0 Å². The zero-order valence-corrected chi connectivity index (χ0v) is 12.2. The van der Waals surface area contributed by atoms with E-state index in [2.05, 4.69) is 9.88 Å². The quantitative estimate of drug-likeness (QED) is 0.935. The maximum Gasteiger partial charge on any atom is 0.209 e. The van der Waals surface area contributed by atoms with Crippen molar-refractivity contribution in [1.82, 2.24) is 9.88 Å². The van der Waals surface area contributed by atoms with Crippen LogP contribution in [-0.4, -0.2) is 41.3 Å².